The minimum absolute atomic E-state index is 0. The molecule has 24 rings (SSSR count). The van der Waals surface area contributed by atoms with Crippen LogP contribution in [-0.4, -0.2) is 159 Å². The van der Waals surface area contributed by atoms with E-state index in [9.17, 15) is 67.4 Å². The molecule has 0 amide bonds. The second-order valence-electron chi connectivity index (χ2n) is 49.1. The van der Waals surface area contributed by atoms with Gasteiger partial charge < -0.3 is 66.7 Å². The first-order chi connectivity index (χ1) is 59.1. The molecule has 27 nitrogen and oxygen atoms in total. The Kier molecular flexibility index (Phi) is 42.7. The maximum Gasteiger partial charge on any atom is 0.350 e. The molecule has 140 heavy (non-hydrogen) atoms. The van der Waals surface area contributed by atoms with Crippen molar-refractivity contribution in [3.63, 3.8) is 0 Å². The van der Waals surface area contributed by atoms with Crippen molar-refractivity contribution in [3.8, 4) is 0 Å². The molecular formula is C113H200O27. The van der Waals surface area contributed by atoms with Gasteiger partial charge in [-0.3, -0.25) is 57.5 Å². The third-order valence-electron chi connectivity index (χ3n) is 34.3. The number of rotatable bonds is 20. The summed E-state index contributed by atoms with van der Waals surface area (Å²) in [6.45, 7) is 43.5. The van der Waals surface area contributed by atoms with Crippen molar-refractivity contribution in [3.05, 3.63) is 0 Å². The van der Waals surface area contributed by atoms with Crippen LogP contribution < -0.4 is 0 Å². The molecular weight excluding hydrogens is 1790 g/mol. The molecule has 12 saturated carbocycles. The average molecular weight is 1990 g/mol. The molecule has 24 aliphatic rings. The van der Waals surface area contributed by atoms with Gasteiger partial charge >= 0.3 is 71.6 Å². The summed E-state index contributed by atoms with van der Waals surface area (Å²) in [5.41, 5.74) is -8.78. The van der Waals surface area contributed by atoms with Crippen LogP contribution >= 0.6 is 0 Å². The van der Waals surface area contributed by atoms with E-state index >= 15 is 0 Å². The Balaban J connectivity index is 0.000000826. The van der Waals surface area contributed by atoms with E-state index in [0.717, 1.165) is 89.9 Å². The van der Waals surface area contributed by atoms with Crippen LogP contribution in [0.4, 0.5) is 0 Å². The Morgan fingerprint density at radius 1 is 0.307 bits per heavy atom. The minimum Gasteiger partial charge on any atom is -0.462 e. The van der Waals surface area contributed by atoms with Crippen LogP contribution in [0, 0.1) is 95.6 Å². The van der Waals surface area contributed by atoms with Gasteiger partial charge in [0.05, 0.1) is 67.2 Å². The molecule has 12 aliphatic carbocycles. The van der Waals surface area contributed by atoms with Crippen molar-refractivity contribution < 1.29 is 129 Å². The van der Waals surface area contributed by atoms with E-state index in [4.69, 9.17) is 61.6 Å². The summed E-state index contributed by atoms with van der Waals surface area (Å²) in [5.74, 6) is -2.96. The first kappa shape index (κ1) is 131. The number of carbonyl (C=O) groups excluding carboxylic acids is 13. The average Bonchev–Trinajstić information content (AvgIpc) is 1.69. The van der Waals surface area contributed by atoms with Crippen LogP contribution in [0.3, 0.4) is 0 Å². The molecule has 24 bridgehead atoms. The number of hydrogen-bond acceptors (Lipinski definition) is 27. The maximum atomic E-state index is 12.6. The van der Waals surface area contributed by atoms with E-state index in [1.54, 1.807) is 0 Å². The first-order valence-corrected chi connectivity index (χ1v) is 48.6. The highest BCUT2D eigenvalue weighted by atomic mass is 16.7. The smallest absolute Gasteiger partial charge is 0.350 e. The molecule has 24 fully saturated rings. The van der Waals surface area contributed by atoms with Gasteiger partial charge in [0.2, 0.25) is 5.60 Å². The normalized spacial score (nSPS) is 37.6. The van der Waals surface area contributed by atoms with Crippen molar-refractivity contribution in [2.45, 2.75) is 548 Å². The highest BCUT2D eigenvalue weighted by molar-refractivity contribution is 5.87. The topological polar surface area (TPSA) is 362 Å². The molecule has 20 unspecified atom stereocenters. The molecule has 12 aliphatic heterocycles. The SMILES string of the molecule is C.C.C.C.C.C.C.C.C.C.C.C.CCC(C)(C)C(=O)OC12CC3(C)CC(CC(C)(C3)C1)C(=O)O2.CCC(C)(C)C(=O)OC12CC3CC(C)(C1)CC(C)(C2)C(=O)O3.CCC(C)(C)C(=O)OC12CC3CC(C1)OC(=O)C(C3)C2.CCC(C)(C)C(=O)OC12CC3CC(CC(C3)OC1=O)C2.CCC(C)(C)C(=O)OC12CC3CC(O)(CC(C1)C(=O)O3)C2.CCC(C)(C)C(=O)OC12CC3CC(OC=O)(CC(C1)C(=O)O3)C2. The quantitative estimate of drug-likeness (QED) is 0.0672. The fourth-order valence-electron chi connectivity index (χ4n) is 26.4. The Hall–Kier alpha value is -6.93. The molecule has 27 heteroatoms. The lowest BCUT2D eigenvalue weighted by atomic mass is 9.53. The van der Waals surface area contributed by atoms with Crippen molar-refractivity contribution in [1.29, 1.82) is 0 Å². The van der Waals surface area contributed by atoms with Gasteiger partial charge in [-0.2, -0.15) is 0 Å². The summed E-state index contributed by atoms with van der Waals surface area (Å²) in [7, 11) is 0. The van der Waals surface area contributed by atoms with E-state index < -0.39 is 82.9 Å². The number of carbonyl (C=O) groups is 13. The monoisotopic (exact) mass is 1990 g/mol. The zero-order valence-electron chi connectivity index (χ0n) is 81.0. The van der Waals surface area contributed by atoms with Gasteiger partial charge in [-0.25, -0.2) is 4.79 Å². The lowest BCUT2D eigenvalue weighted by molar-refractivity contribution is -0.260. The summed E-state index contributed by atoms with van der Waals surface area (Å²) >= 11 is 0. The molecule has 0 aromatic heterocycles. The summed E-state index contributed by atoms with van der Waals surface area (Å²) in [4.78, 5) is 160. The van der Waals surface area contributed by atoms with E-state index in [1.807, 2.05) is 132 Å². The van der Waals surface area contributed by atoms with Gasteiger partial charge in [0.15, 0.2) is 0 Å². The number of ether oxygens (including phenoxy) is 13. The highest BCUT2D eigenvalue weighted by Gasteiger charge is 2.69. The van der Waals surface area contributed by atoms with Crippen LogP contribution in [0.25, 0.3) is 0 Å². The van der Waals surface area contributed by atoms with Gasteiger partial charge in [-0.05, 0) is 246 Å². The number of hydrogen-bond donors (Lipinski definition) is 1. The number of aliphatic hydroxyl groups is 1. The second-order valence-corrected chi connectivity index (χ2v) is 49.1. The number of fused-ring (bicyclic) bond motifs is 6. The predicted octanol–water partition coefficient (Wildman–Crippen LogP) is 24.8. The molecule has 12 heterocycles. The summed E-state index contributed by atoms with van der Waals surface area (Å²) < 4.78 is 74.4. The van der Waals surface area contributed by atoms with Crippen molar-refractivity contribution >= 4 is 78.1 Å². The third kappa shape index (κ3) is 26.9. The standard InChI is InChI=1S/2C18H28O4.C17H24O6.C16H24O5.2C16H24O4.12CH4/c1-6-15(2,3)13(19)22-18-8-12-7-16(4,10-18)9-17(5,11-18)14(20)21-12;1-6-15(2,3)14(20)22-18-10-16(4)7-12(13(19)21-18)8-17(5,9-16)11-18;1-4-15(2,3)14(20)23-17-6-11-5-16(9-17,21-10-18)7-12(8-17)22-13(11)19;1-4-14(2,3)13(18)21-16-6-10-5-15(19,9-16)7-11(8-16)20-12(10)17;1-4-15(2,3)13(17)20-16-8-10-5-11(9-16)7-12(6-10)19-14(16)18;1-4-15(2,3)14(18)20-16-7-10-5-11(8-16)13(17)19-12(6-10)9-16;;;;;;;;;;;;/h2*12H,6-11H2,1-5H3;10-12H,4-9H2,1-3H3;10-11,19H,4-9H2,1-3H3;2*10-12H,4-9H2,1-3H3;12*1H4. The van der Waals surface area contributed by atoms with E-state index in [-0.39, 0.29) is 231 Å². The summed E-state index contributed by atoms with van der Waals surface area (Å²) in [6, 6.07) is 0. The molecule has 814 valence electrons. The lowest BCUT2D eigenvalue weighted by Gasteiger charge is -2.54. The second kappa shape index (κ2) is 45.6. The first-order valence-electron chi connectivity index (χ1n) is 48.6. The molecule has 0 aromatic carbocycles. The van der Waals surface area contributed by atoms with Crippen LogP contribution in [0.5, 0.6) is 0 Å². The highest BCUT2D eigenvalue weighted by Crippen LogP contribution is 2.66. The van der Waals surface area contributed by atoms with Gasteiger partial charge in [0.25, 0.3) is 12.3 Å². The zero-order valence-corrected chi connectivity index (χ0v) is 81.0. The van der Waals surface area contributed by atoms with Crippen molar-refractivity contribution in [1.82, 2.24) is 0 Å². The molecule has 20 atom stereocenters. The Labute approximate surface area is 846 Å². The summed E-state index contributed by atoms with van der Waals surface area (Å²) in [6.07, 6.45) is 24.5. The van der Waals surface area contributed by atoms with Gasteiger partial charge in [-0.15, -0.1) is 0 Å². The predicted molar refractivity (Wildman–Crippen MR) is 544 cm³/mol. The van der Waals surface area contributed by atoms with Crippen molar-refractivity contribution in [2.75, 3.05) is 0 Å². The van der Waals surface area contributed by atoms with Crippen LogP contribution in [0.1, 0.15) is 473 Å². The third-order valence-corrected chi connectivity index (χ3v) is 34.3. The van der Waals surface area contributed by atoms with E-state index in [0.29, 0.717) is 165 Å². The Bertz CT molecular complexity index is 4310. The maximum absolute atomic E-state index is 12.6. The Morgan fingerprint density at radius 2 is 0.650 bits per heavy atom. The molecule has 0 aromatic rings. The fraction of sp³-hybridized carbons (Fsp3) is 0.885. The van der Waals surface area contributed by atoms with Gasteiger partial charge in [0.1, 0.15) is 58.5 Å². The van der Waals surface area contributed by atoms with E-state index in [2.05, 4.69) is 20.8 Å². The minimum atomic E-state index is -1.05. The zero-order chi connectivity index (χ0) is 94.2. The Morgan fingerprint density at radius 3 is 1.12 bits per heavy atom. The van der Waals surface area contributed by atoms with Crippen LogP contribution in [-0.2, 0) is 124 Å². The molecule has 0 radical (unpaired) electrons. The largest absolute Gasteiger partial charge is 0.462 e. The lowest BCUT2D eigenvalue weighted by Crippen LogP contribution is -2.58. The van der Waals surface area contributed by atoms with Gasteiger partial charge in [-0.1, -0.05) is 151 Å². The molecule has 1 N–H and O–H groups in total. The molecule has 12 saturated heterocycles. The fourth-order valence-corrected chi connectivity index (χ4v) is 26.4. The number of esters is 12. The summed E-state index contributed by atoms with van der Waals surface area (Å²) in [5, 5.41) is 10.7. The van der Waals surface area contributed by atoms with Crippen LogP contribution in [0.2, 0.25) is 0 Å². The van der Waals surface area contributed by atoms with Crippen LogP contribution in [0.15, 0.2) is 0 Å². The molecule has 0 spiro atoms. The van der Waals surface area contributed by atoms with Gasteiger partial charge in [0, 0.05) is 109 Å². The van der Waals surface area contributed by atoms with E-state index in [1.165, 1.54) is 0 Å². The van der Waals surface area contributed by atoms with Crippen molar-refractivity contribution in [2.24, 2.45) is 95.6 Å².